The summed E-state index contributed by atoms with van der Waals surface area (Å²) in [5.74, 6) is -1.00. The van der Waals surface area contributed by atoms with Crippen molar-refractivity contribution in [1.29, 1.82) is 0 Å². The Hall–Kier alpha value is -2.37. The monoisotopic (exact) mass is 206 g/mol. The molecule has 0 radical (unpaired) electrons. The zero-order chi connectivity index (χ0) is 10.8. The fraction of sp³-hybridized carbons (Fsp3) is 0. The molecule has 2 aromatic rings. The molecule has 1 aromatic carbocycles. The van der Waals surface area contributed by atoms with Gasteiger partial charge in [-0.2, -0.15) is 0 Å². The molecule has 0 bridgehead atoms. The molecule has 0 saturated heterocycles. The minimum atomic E-state index is -1.13. The van der Waals surface area contributed by atoms with Crippen molar-refractivity contribution in [2.24, 2.45) is 0 Å². The summed E-state index contributed by atoms with van der Waals surface area (Å²) < 4.78 is 0. The maximum absolute atomic E-state index is 11.1. The van der Waals surface area contributed by atoms with Crippen LogP contribution in [0.3, 0.4) is 0 Å². The highest BCUT2D eigenvalue weighted by Gasteiger charge is 2.13. The lowest BCUT2D eigenvalue weighted by Crippen LogP contribution is -2.10. The molecular formula is C9H6N2O4. The van der Waals surface area contributed by atoms with Crippen molar-refractivity contribution in [3.05, 3.63) is 46.1 Å². The number of para-hydroxylation sites is 1. The SMILES string of the molecule is O=C(O[N+](=O)[O-])c1cc2ccccc2[nH]1. The van der Waals surface area contributed by atoms with Gasteiger partial charge in [0.25, 0.3) is 0 Å². The molecule has 1 N–H and O–H groups in total. The van der Waals surface area contributed by atoms with Crippen LogP contribution in [0.1, 0.15) is 10.5 Å². The molecule has 0 aliphatic heterocycles. The van der Waals surface area contributed by atoms with Crippen molar-refractivity contribution in [3.8, 4) is 0 Å². The second-order valence-electron chi connectivity index (χ2n) is 2.87. The summed E-state index contributed by atoms with van der Waals surface area (Å²) >= 11 is 0. The average molecular weight is 206 g/mol. The van der Waals surface area contributed by atoms with Gasteiger partial charge in [-0.25, -0.2) is 4.84 Å². The topological polar surface area (TPSA) is 85.2 Å². The van der Waals surface area contributed by atoms with Crippen LogP contribution in [0.4, 0.5) is 0 Å². The smallest absolute Gasteiger partial charge is 0.350 e. The Morgan fingerprint density at radius 1 is 1.40 bits per heavy atom. The third-order valence-electron chi connectivity index (χ3n) is 1.91. The maximum atomic E-state index is 11.1. The van der Waals surface area contributed by atoms with E-state index in [9.17, 15) is 14.9 Å². The van der Waals surface area contributed by atoms with Gasteiger partial charge in [0.05, 0.1) is 0 Å². The summed E-state index contributed by atoms with van der Waals surface area (Å²) in [6.45, 7) is 0. The van der Waals surface area contributed by atoms with Crippen molar-refractivity contribution in [2.75, 3.05) is 0 Å². The summed E-state index contributed by atoms with van der Waals surface area (Å²) in [4.78, 5) is 27.6. The van der Waals surface area contributed by atoms with E-state index in [1.807, 2.05) is 0 Å². The maximum Gasteiger partial charge on any atom is 0.350 e. The lowest BCUT2D eigenvalue weighted by molar-refractivity contribution is -0.727. The van der Waals surface area contributed by atoms with Crippen LogP contribution >= 0.6 is 0 Å². The number of carbonyl (C=O) groups is 1. The highest BCUT2D eigenvalue weighted by molar-refractivity contribution is 5.94. The van der Waals surface area contributed by atoms with Crippen LogP contribution in [0.5, 0.6) is 0 Å². The number of H-pyrrole nitrogens is 1. The fourth-order valence-electron chi connectivity index (χ4n) is 1.30. The van der Waals surface area contributed by atoms with Crippen molar-refractivity contribution in [2.45, 2.75) is 0 Å². The molecular weight excluding hydrogens is 200 g/mol. The van der Waals surface area contributed by atoms with Gasteiger partial charge in [-0.05, 0) is 12.1 Å². The van der Waals surface area contributed by atoms with E-state index in [0.717, 1.165) is 10.9 Å². The number of carbonyl (C=O) groups excluding carboxylic acids is 1. The molecule has 2 rings (SSSR count). The Morgan fingerprint density at radius 2 is 2.13 bits per heavy atom. The molecule has 1 heterocycles. The number of hydrogen-bond acceptors (Lipinski definition) is 4. The van der Waals surface area contributed by atoms with Crippen molar-refractivity contribution < 1.29 is 14.7 Å². The molecule has 0 atom stereocenters. The number of benzene rings is 1. The van der Waals surface area contributed by atoms with Gasteiger partial charge in [0.15, 0.2) is 0 Å². The van der Waals surface area contributed by atoms with Gasteiger partial charge < -0.3 is 4.98 Å². The Kier molecular flexibility index (Phi) is 2.09. The van der Waals surface area contributed by atoms with E-state index in [1.165, 1.54) is 6.07 Å². The van der Waals surface area contributed by atoms with Gasteiger partial charge in [-0.1, -0.05) is 18.2 Å². The van der Waals surface area contributed by atoms with Gasteiger partial charge in [0, 0.05) is 10.9 Å². The van der Waals surface area contributed by atoms with E-state index in [2.05, 4.69) is 9.82 Å². The first kappa shape index (κ1) is 9.20. The van der Waals surface area contributed by atoms with E-state index in [4.69, 9.17) is 0 Å². The van der Waals surface area contributed by atoms with Crippen LogP contribution in [0, 0.1) is 10.1 Å². The molecule has 0 fully saturated rings. The summed E-state index contributed by atoms with van der Waals surface area (Å²) in [5, 5.41) is 9.61. The lowest BCUT2D eigenvalue weighted by Gasteiger charge is -1.91. The molecule has 76 valence electrons. The van der Waals surface area contributed by atoms with E-state index in [0.29, 0.717) is 0 Å². The van der Waals surface area contributed by atoms with Crippen LogP contribution in [0.15, 0.2) is 30.3 Å². The van der Waals surface area contributed by atoms with E-state index in [1.54, 1.807) is 24.3 Å². The third kappa shape index (κ3) is 1.78. The molecule has 1 aromatic heterocycles. The summed E-state index contributed by atoms with van der Waals surface area (Å²) in [6, 6.07) is 8.65. The molecule has 0 amide bonds. The first-order chi connectivity index (χ1) is 7.16. The minimum Gasteiger partial charge on any atom is -0.350 e. The Bertz CT molecular complexity index is 499. The largest absolute Gasteiger partial charge is 0.350 e. The molecule has 0 aliphatic carbocycles. The van der Waals surface area contributed by atoms with Gasteiger partial charge in [0.1, 0.15) is 5.69 Å². The lowest BCUT2D eigenvalue weighted by atomic mass is 10.2. The quantitative estimate of drug-likeness (QED) is 0.596. The number of fused-ring (bicyclic) bond motifs is 1. The fourth-order valence-corrected chi connectivity index (χ4v) is 1.30. The van der Waals surface area contributed by atoms with Crippen LogP contribution in [-0.4, -0.2) is 16.0 Å². The Balaban J connectivity index is 2.36. The second kappa shape index (κ2) is 3.41. The first-order valence-corrected chi connectivity index (χ1v) is 4.11. The highest BCUT2D eigenvalue weighted by Crippen LogP contribution is 2.15. The average Bonchev–Trinajstić information content (AvgIpc) is 2.59. The predicted molar refractivity (Wildman–Crippen MR) is 50.7 cm³/mol. The summed E-state index contributed by atoms with van der Waals surface area (Å²) in [6.07, 6.45) is 0. The van der Waals surface area contributed by atoms with Crippen LogP contribution in [0.25, 0.3) is 10.9 Å². The number of aromatic nitrogens is 1. The number of rotatable bonds is 2. The zero-order valence-electron chi connectivity index (χ0n) is 7.47. The molecule has 0 spiro atoms. The number of nitrogens with zero attached hydrogens (tertiary/aromatic N) is 1. The number of hydrogen-bond donors (Lipinski definition) is 1. The van der Waals surface area contributed by atoms with Crippen LogP contribution < -0.4 is 0 Å². The predicted octanol–water partition coefficient (Wildman–Crippen LogP) is 1.52. The summed E-state index contributed by atoms with van der Waals surface area (Å²) in [7, 11) is 0. The molecule has 6 nitrogen and oxygen atoms in total. The van der Waals surface area contributed by atoms with E-state index in [-0.39, 0.29) is 5.69 Å². The second-order valence-corrected chi connectivity index (χ2v) is 2.87. The van der Waals surface area contributed by atoms with Gasteiger partial charge in [-0.15, -0.1) is 10.1 Å². The highest BCUT2D eigenvalue weighted by atomic mass is 17.0. The van der Waals surface area contributed by atoms with Crippen LogP contribution in [0.2, 0.25) is 0 Å². The standard InChI is InChI=1S/C9H6N2O4/c12-9(15-11(13)14)8-5-6-3-1-2-4-7(6)10-8/h1-5,10H. The zero-order valence-corrected chi connectivity index (χ0v) is 7.47. The van der Waals surface area contributed by atoms with Crippen LogP contribution in [-0.2, 0) is 4.84 Å². The van der Waals surface area contributed by atoms with Crippen molar-refractivity contribution in [3.63, 3.8) is 0 Å². The first-order valence-electron chi connectivity index (χ1n) is 4.11. The Morgan fingerprint density at radius 3 is 2.80 bits per heavy atom. The molecule has 15 heavy (non-hydrogen) atoms. The third-order valence-corrected chi connectivity index (χ3v) is 1.91. The normalized spacial score (nSPS) is 10.1. The van der Waals surface area contributed by atoms with E-state index < -0.39 is 11.1 Å². The Labute approximate surface area is 83.6 Å². The van der Waals surface area contributed by atoms with Gasteiger partial charge >= 0.3 is 11.1 Å². The number of aromatic amines is 1. The van der Waals surface area contributed by atoms with Gasteiger partial charge in [-0.3, -0.25) is 4.79 Å². The summed E-state index contributed by atoms with van der Waals surface area (Å²) in [5.41, 5.74) is 0.792. The number of nitrogens with one attached hydrogen (secondary N) is 1. The molecule has 0 aliphatic rings. The van der Waals surface area contributed by atoms with Crippen molar-refractivity contribution in [1.82, 2.24) is 4.98 Å². The minimum absolute atomic E-state index is 0.0629. The van der Waals surface area contributed by atoms with E-state index >= 15 is 0 Å². The molecule has 0 saturated carbocycles. The van der Waals surface area contributed by atoms with Gasteiger partial charge in [0.2, 0.25) is 0 Å². The molecule has 0 unspecified atom stereocenters. The molecule has 6 heteroatoms. The van der Waals surface area contributed by atoms with Crippen molar-refractivity contribution >= 4 is 16.9 Å².